The van der Waals surface area contributed by atoms with E-state index in [1.165, 1.54) is 70.6 Å². The zero-order valence-electron chi connectivity index (χ0n) is 14.7. The first kappa shape index (κ1) is 26.4. The molecule has 128 valence electrons. The maximum Gasteiger partial charge on any atom is 1.00 e. The molecule has 4 nitrogen and oxygen atoms in total. The van der Waals surface area contributed by atoms with Crippen LogP contribution in [0.25, 0.3) is 0 Å². The van der Waals surface area contributed by atoms with Crippen LogP contribution in [0.15, 0.2) is 0 Å². The van der Waals surface area contributed by atoms with Crippen LogP contribution in [0.1, 0.15) is 96.8 Å². The van der Waals surface area contributed by atoms with E-state index in [0.717, 1.165) is 12.8 Å². The molecule has 0 amide bonds. The standard InChI is InChI=1S/C16H35O4P.Cs/c1-2-3-4-5-6-7-8-9-10-11-12-13-14-15-16-20-21(17,18)19;/h2-16H2,1H3,(H2,17,18,19);/q;+1/p-1. The van der Waals surface area contributed by atoms with E-state index in [1.807, 2.05) is 0 Å². The third kappa shape index (κ3) is 24.4. The van der Waals surface area contributed by atoms with Gasteiger partial charge >= 0.3 is 68.9 Å². The zero-order valence-corrected chi connectivity index (χ0v) is 21.9. The minimum Gasteiger partial charge on any atom is -0.756 e. The van der Waals surface area contributed by atoms with Gasteiger partial charge < -0.3 is 14.3 Å². The fourth-order valence-corrected chi connectivity index (χ4v) is 2.84. The van der Waals surface area contributed by atoms with Crippen LogP contribution in [0.3, 0.4) is 0 Å². The zero-order chi connectivity index (χ0) is 15.8. The summed E-state index contributed by atoms with van der Waals surface area (Å²) in [7, 11) is -4.50. The van der Waals surface area contributed by atoms with Gasteiger partial charge in [-0.05, 0) is 6.42 Å². The maximum atomic E-state index is 10.3. The van der Waals surface area contributed by atoms with E-state index in [2.05, 4.69) is 11.4 Å². The van der Waals surface area contributed by atoms with Gasteiger partial charge in [-0.2, -0.15) is 0 Å². The fraction of sp³-hybridized carbons (Fsp3) is 1.00. The second-order valence-corrected chi connectivity index (χ2v) is 7.09. The molecule has 0 aliphatic rings. The average Bonchev–Trinajstić information content (AvgIpc) is 2.42. The molecule has 0 radical (unpaired) electrons. The molecule has 0 saturated carbocycles. The van der Waals surface area contributed by atoms with Gasteiger partial charge in [0.25, 0.3) is 7.82 Å². The van der Waals surface area contributed by atoms with Crippen LogP contribution >= 0.6 is 7.82 Å². The number of hydrogen-bond acceptors (Lipinski definition) is 3. The molecule has 0 saturated heterocycles. The normalized spacial score (nSPS) is 13.6. The summed E-state index contributed by atoms with van der Waals surface area (Å²) >= 11 is 0. The van der Waals surface area contributed by atoms with Gasteiger partial charge in [0.2, 0.25) is 0 Å². The molecule has 0 aromatic carbocycles. The summed E-state index contributed by atoms with van der Waals surface area (Å²) in [5.74, 6) is 0. The van der Waals surface area contributed by atoms with Crippen molar-refractivity contribution in [3.63, 3.8) is 0 Å². The Kier molecular flexibility index (Phi) is 23.4. The van der Waals surface area contributed by atoms with Crippen LogP contribution in [0.4, 0.5) is 0 Å². The van der Waals surface area contributed by atoms with E-state index < -0.39 is 7.82 Å². The van der Waals surface area contributed by atoms with Crippen molar-refractivity contribution < 1.29 is 87.8 Å². The molecule has 6 heteroatoms. The van der Waals surface area contributed by atoms with E-state index in [-0.39, 0.29) is 75.5 Å². The average molecular weight is 454 g/mol. The first-order valence-corrected chi connectivity index (χ1v) is 10.2. The molecule has 0 aliphatic carbocycles. The third-order valence-electron chi connectivity index (χ3n) is 3.75. The molecule has 1 atom stereocenters. The second-order valence-electron chi connectivity index (χ2n) is 5.90. The molecule has 22 heavy (non-hydrogen) atoms. The Morgan fingerprint density at radius 3 is 1.41 bits per heavy atom. The monoisotopic (exact) mass is 454 g/mol. The van der Waals surface area contributed by atoms with Gasteiger partial charge in [-0.1, -0.05) is 90.4 Å². The van der Waals surface area contributed by atoms with Crippen LogP contribution in [0.5, 0.6) is 0 Å². The van der Waals surface area contributed by atoms with Crippen molar-refractivity contribution in [3.8, 4) is 0 Å². The molecule has 0 aliphatic heterocycles. The van der Waals surface area contributed by atoms with E-state index in [1.54, 1.807) is 0 Å². The van der Waals surface area contributed by atoms with Crippen molar-refractivity contribution in [1.82, 2.24) is 0 Å². The summed E-state index contributed by atoms with van der Waals surface area (Å²) in [5, 5.41) is 0. The van der Waals surface area contributed by atoms with Crippen LogP contribution < -0.4 is 73.8 Å². The topological polar surface area (TPSA) is 69.6 Å². The Morgan fingerprint density at radius 1 is 0.773 bits per heavy atom. The van der Waals surface area contributed by atoms with Gasteiger partial charge in [0.1, 0.15) is 0 Å². The minimum atomic E-state index is -4.50. The van der Waals surface area contributed by atoms with Crippen molar-refractivity contribution in [2.75, 3.05) is 6.61 Å². The van der Waals surface area contributed by atoms with Crippen molar-refractivity contribution in [1.29, 1.82) is 0 Å². The molecule has 0 aromatic rings. The van der Waals surface area contributed by atoms with Gasteiger partial charge in [0.05, 0.1) is 6.61 Å². The van der Waals surface area contributed by atoms with E-state index in [0.29, 0.717) is 6.42 Å². The summed E-state index contributed by atoms with van der Waals surface area (Å²) in [6.45, 7) is 2.36. The molecule has 0 bridgehead atoms. The molecule has 0 aromatic heterocycles. The fourth-order valence-electron chi connectivity index (χ4n) is 2.48. The van der Waals surface area contributed by atoms with E-state index >= 15 is 0 Å². The van der Waals surface area contributed by atoms with Crippen molar-refractivity contribution in [2.24, 2.45) is 0 Å². The Hall–Kier alpha value is 2.16. The summed E-state index contributed by atoms with van der Waals surface area (Å²) in [6.07, 6.45) is 17.6. The Balaban J connectivity index is 0. The van der Waals surface area contributed by atoms with Gasteiger partial charge in [-0.3, -0.25) is 4.57 Å². The van der Waals surface area contributed by atoms with E-state index in [4.69, 9.17) is 4.89 Å². The Morgan fingerprint density at radius 2 is 1.09 bits per heavy atom. The van der Waals surface area contributed by atoms with Crippen LogP contribution in [-0.4, -0.2) is 11.5 Å². The summed E-state index contributed by atoms with van der Waals surface area (Å²) < 4.78 is 14.6. The molecule has 0 heterocycles. The maximum absolute atomic E-state index is 10.3. The van der Waals surface area contributed by atoms with Crippen LogP contribution in [-0.2, 0) is 9.09 Å². The molecule has 0 fully saturated rings. The minimum absolute atomic E-state index is 0. The van der Waals surface area contributed by atoms with Crippen molar-refractivity contribution in [2.45, 2.75) is 96.8 Å². The molecule has 1 unspecified atom stereocenters. The van der Waals surface area contributed by atoms with Gasteiger partial charge in [0, 0.05) is 0 Å². The largest absolute Gasteiger partial charge is 1.00 e. The first-order chi connectivity index (χ1) is 10.1. The molecule has 0 rings (SSSR count). The predicted molar refractivity (Wildman–Crippen MR) is 86.1 cm³/mol. The van der Waals surface area contributed by atoms with Crippen LogP contribution in [0, 0.1) is 0 Å². The molecular weight excluding hydrogens is 420 g/mol. The predicted octanol–water partition coefficient (Wildman–Crippen LogP) is 1.95. The number of phosphoric ester groups is 1. The first-order valence-electron chi connectivity index (χ1n) is 8.74. The number of hydrogen-bond donors (Lipinski definition) is 1. The van der Waals surface area contributed by atoms with Crippen molar-refractivity contribution in [3.05, 3.63) is 0 Å². The van der Waals surface area contributed by atoms with E-state index in [9.17, 15) is 9.46 Å². The van der Waals surface area contributed by atoms with Gasteiger partial charge in [-0.25, -0.2) is 0 Å². The van der Waals surface area contributed by atoms with Gasteiger partial charge in [0.15, 0.2) is 0 Å². The summed E-state index contributed by atoms with van der Waals surface area (Å²) in [5.41, 5.74) is 0. The summed E-state index contributed by atoms with van der Waals surface area (Å²) in [4.78, 5) is 18.7. The number of rotatable bonds is 16. The SMILES string of the molecule is CCCCCCCCCCCCCCCCOP(=O)([O-])O.[Cs+]. The molecule has 1 N–H and O–H groups in total. The quantitative estimate of drug-likeness (QED) is 0.286. The Labute approximate surface area is 196 Å². The Bertz CT molecular complexity index is 259. The number of phosphoric acid groups is 1. The molecule has 0 spiro atoms. The van der Waals surface area contributed by atoms with Crippen LogP contribution in [0.2, 0.25) is 0 Å². The summed E-state index contributed by atoms with van der Waals surface area (Å²) in [6, 6.07) is 0. The third-order valence-corrected chi connectivity index (χ3v) is 4.26. The van der Waals surface area contributed by atoms with Crippen molar-refractivity contribution >= 4 is 7.82 Å². The second kappa shape index (κ2) is 19.5. The molecular formula is C16H34CsO4P. The van der Waals surface area contributed by atoms with Gasteiger partial charge in [-0.15, -0.1) is 0 Å². The smallest absolute Gasteiger partial charge is 0.756 e. The number of unbranched alkanes of at least 4 members (excludes halogenated alkanes) is 13.